The predicted molar refractivity (Wildman–Crippen MR) is 143 cm³/mol. The molecule has 4 aromatic rings. The molecule has 2 aromatic carbocycles. The van der Waals surface area contributed by atoms with Crippen LogP contribution in [-0.2, 0) is 0 Å². The highest BCUT2D eigenvalue weighted by atomic mass is 32.1. The molecule has 1 aliphatic carbocycles. The third-order valence-electron chi connectivity index (χ3n) is 7.45. The van der Waals surface area contributed by atoms with E-state index in [0.717, 1.165) is 54.8 Å². The zero-order chi connectivity index (χ0) is 24.5. The number of nitrogen functional groups attached to an aromatic ring is 1. The van der Waals surface area contributed by atoms with Crippen molar-refractivity contribution in [2.75, 3.05) is 31.9 Å². The van der Waals surface area contributed by atoms with Crippen LogP contribution in [0.15, 0.2) is 54.9 Å². The normalized spacial score (nSPS) is 21.0. The van der Waals surface area contributed by atoms with Gasteiger partial charge in [0.05, 0.1) is 15.8 Å². The molecule has 186 valence electrons. The van der Waals surface area contributed by atoms with Gasteiger partial charge < -0.3 is 15.8 Å². The van der Waals surface area contributed by atoms with Crippen molar-refractivity contribution in [1.82, 2.24) is 20.2 Å². The maximum atomic E-state index is 15.4. The number of fused-ring (bicyclic) bond motifs is 1. The molecule has 2 fully saturated rings. The Kier molecular flexibility index (Phi) is 6.56. The van der Waals surface area contributed by atoms with Gasteiger partial charge in [-0.15, -0.1) is 11.3 Å². The van der Waals surface area contributed by atoms with Crippen molar-refractivity contribution in [3.8, 4) is 21.9 Å². The molecule has 0 unspecified atom stereocenters. The number of hydrogen-bond acceptors (Lipinski definition) is 7. The predicted octanol–water partition coefficient (Wildman–Crippen LogP) is 5.80. The number of halogens is 1. The summed E-state index contributed by atoms with van der Waals surface area (Å²) >= 11 is 1.62. The van der Waals surface area contributed by atoms with Crippen LogP contribution in [-0.4, -0.2) is 47.1 Å². The lowest BCUT2D eigenvalue weighted by molar-refractivity contribution is 0.133. The van der Waals surface area contributed by atoms with Crippen LogP contribution >= 0.6 is 11.3 Å². The van der Waals surface area contributed by atoms with Gasteiger partial charge in [-0.2, -0.15) is 0 Å². The number of aromatic nitrogens is 2. The third kappa shape index (κ3) is 4.56. The summed E-state index contributed by atoms with van der Waals surface area (Å²) in [4.78, 5) is 13.5. The number of ether oxygens (including phenoxy) is 1. The van der Waals surface area contributed by atoms with Crippen LogP contribution in [0.2, 0.25) is 0 Å². The van der Waals surface area contributed by atoms with Crippen LogP contribution in [0.25, 0.3) is 21.3 Å². The van der Waals surface area contributed by atoms with Gasteiger partial charge in [-0.25, -0.2) is 14.4 Å². The molecule has 1 saturated carbocycles. The van der Waals surface area contributed by atoms with E-state index in [4.69, 9.17) is 10.5 Å². The molecule has 1 aliphatic heterocycles. The molecular weight excluding hydrogens is 473 g/mol. The number of nitrogens with two attached hydrogens (primary N) is 1. The van der Waals surface area contributed by atoms with Crippen LogP contribution in [0.5, 0.6) is 11.5 Å². The van der Waals surface area contributed by atoms with Crippen LogP contribution < -0.4 is 15.8 Å². The van der Waals surface area contributed by atoms with E-state index in [1.807, 2.05) is 30.3 Å². The SMILES string of the molecule is Nc1ncnc2c(C3CCC(N4CCNCC4)CC3)sc(-c3ccc(Oc4ccccc4)cc3F)c12. The second kappa shape index (κ2) is 10.1. The monoisotopic (exact) mass is 503 g/mol. The van der Waals surface area contributed by atoms with E-state index in [1.165, 1.54) is 30.1 Å². The minimum Gasteiger partial charge on any atom is -0.457 e. The molecule has 0 bridgehead atoms. The average Bonchev–Trinajstić information content (AvgIpc) is 3.31. The maximum absolute atomic E-state index is 15.4. The molecule has 3 heterocycles. The summed E-state index contributed by atoms with van der Waals surface area (Å²) < 4.78 is 21.3. The van der Waals surface area contributed by atoms with Gasteiger partial charge in [0.1, 0.15) is 29.5 Å². The second-order valence-corrected chi connectivity index (χ2v) is 10.7. The molecule has 6 nitrogen and oxygen atoms in total. The zero-order valence-corrected chi connectivity index (χ0v) is 20.9. The fraction of sp³-hybridized carbons (Fsp3) is 0.357. The average molecular weight is 504 g/mol. The molecule has 0 radical (unpaired) electrons. The Balaban J connectivity index is 1.29. The highest BCUT2D eigenvalue weighted by Gasteiger charge is 2.31. The Morgan fingerprint density at radius 1 is 0.972 bits per heavy atom. The molecule has 36 heavy (non-hydrogen) atoms. The van der Waals surface area contributed by atoms with Gasteiger partial charge in [-0.3, -0.25) is 4.90 Å². The summed E-state index contributed by atoms with van der Waals surface area (Å²) in [5, 5.41) is 4.21. The van der Waals surface area contributed by atoms with E-state index in [-0.39, 0.29) is 5.82 Å². The largest absolute Gasteiger partial charge is 0.457 e. The van der Waals surface area contributed by atoms with E-state index in [9.17, 15) is 0 Å². The van der Waals surface area contributed by atoms with Gasteiger partial charge in [0.15, 0.2) is 0 Å². The van der Waals surface area contributed by atoms with Gasteiger partial charge in [0.25, 0.3) is 0 Å². The number of benzene rings is 2. The first-order valence-corrected chi connectivity index (χ1v) is 13.5. The van der Waals surface area contributed by atoms with Gasteiger partial charge in [-0.05, 0) is 55.9 Å². The molecule has 6 rings (SSSR count). The van der Waals surface area contributed by atoms with Crippen molar-refractivity contribution in [1.29, 1.82) is 0 Å². The van der Waals surface area contributed by atoms with Gasteiger partial charge in [0, 0.05) is 48.7 Å². The highest BCUT2D eigenvalue weighted by Crippen LogP contribution is 2.47. The lowest BCUT2D eigenvalue weighted by Crippen LogP contribution is -2.49. The summed E-state index contributed by atoms with van der Waals surface area (Å²) in [6, 6.07) is 15.1. The van der Waals surface area contributed by atoms with Crippen molar-refractivity contribution in [3.63, 3.8) is 0 Å². The van der Waals surface area contributed by atoms with E-state index >= 15 is 4.39 Å². The molecule has 1 saturated heterocycles. The van der Waals surface area contributed by atoms with E-state index < -0.39 is 0 Å². The number of piperazine rings is 1. The number of nitrogens with zero attached hydrogens (tertiary/aromatic N) is 3. The number of rotatable bonds is 5. The first-order valence-electron chi connectivity index (χ1n) is 12.7. The quantitative estimate of drug-likeness (QED) is 0.358. The Labute approximate surface area is 214 Å². The molecule has 2 aromatic heterocycles. The summed E-state index contributed by atoms with van der Waals surface area (Å²) in [6.07, 6.45) is 6.11. The Morgan fingerprint density at radius 2 is 1.75 bits per heavy atom. The molecule has 0 amide bonds. The molecule has 3 N–H and O–H groups in total. The van der Waals surface area contributed by atoms with Crippen molar-refractivity contribution in [2.24, 2.45) is 0 Å². The minimum atomic E-state index is -0.344. The van der Waals surface area contributed by atoms with Gasteiger partial charge in [0.2, 0.25) is 0 Å². The number of para-hydroxylation sites is 1. The number of hydrogen-bond donors (Lipinski definition) is 2. The van der Waals surface area contributed by atoms with Crippen molar-refractivity contribution in [2.45, 2.75) is 37.6 Å². The lowest BCUT2D eigenvalue weighted by Gasteiger charge is -2.39. The smallest absolute Gasteiger partial charge is 0.136 e. The fourth-order valence-corrected chi connectivity index (χ4v) is 7.06. The summed E-state index contributed by atoms with van der Waals surface area (Å²) in [6.45, 7) is 4.43. The van der Waals surface area contributed by atoms with Crippen molar-refractivity contribution in [3.05, 3.63) is 65.6 Å². The van der Waals surface area contributed by atoms with E-state index in [1.54, 1.807) is 23.5 Å². The maximum Gasteiger partial charge on any atom is 0.136 e. The van der Waals surface area contributed by atoms with Crippen molar-refractivity contribution >= 4 is 28.1 Å². The first-order chi connectivity index (χ1) is 17.7. The summed E-state index contributed by atoms with van der Waals surface area (Å²) in [5.74, 6) is 1.59. The highest BCUT2D eigenvalue weighted by molar-refractivity contribution is 7.17. The summed E-state index contributed by atoms with van der Waals surface area (Å²) in [5.41, 5.74) is 7.71. The third-order valence-corrected chi connectivity index (χ3v) is 8.82. The molecular formula is C28H30FN5OS. The van der Waals surface area contributed by atoms with Crippen LogP contribution in [0.3, 0.4) is 0 Å². The number of thiophene rings is 1. The molecule has 8 heteroatoms. The topological polar surface area (TPSA) is 76.3 Å². The first kappa shape index (κ1) is 23.3. The fourth-order valence-electron chi connectivity index (χ4n) is 5.60. The van der Waals surface area contributed by atoms with Crippen LogP contribution in [0.4, 0.5) is 10.2 Å². The second-order valence-electron chi connectivity index (χ2n) is 9.63. The molecule has 0 atom stereocenters. The summed E-state index contributed by atoms with van der Waals surface area (Å²) in [7, 11) is 0. The minimum absolute atomic E-state index is 0.344. The van der Waals surface area contributed by atoms with E-state index in [2.05, 4.69) is 20.2 Å². The molecule has 2 aliphatic rings. The Morgan fingerprint density at radius 3 is 2.50 bits per heavy atom. The molecule has 0 spiro atoms. The van der Waals surface area contributed by atoms with Crippen LogP contribution in [0.1, 0.15) is 36.5 Å². The van der Waals surface area contributed by atoms with Crippen LogP contribution in [0, 0.1) is 5.82 Å². The number of nitrogens with one attached hydrogen (secondary N) is 1. The lowest BCUT2D eigenvalue weighted by atomic mass is 9.84. The van der Waals surface area contributed by atoms with Gasteiger partial charge in [-0.1, -0.05) is 18.2 Å². The standard InChI is InChI=1S/C28H30FN5OS/c29-23-16-21(35-20-4-2-1-3-5-20)10-11-22(23)27-24-25(32-17-33-28(24)30)26(36-27)18-6-8-19(9-7-18)34-14-12-31-13-15-34/h1-5,10-11,16-19,31H,6-9,12-15H2,(H2,30,32,33). The van der Waals surface area contributed by atoms with E-state index in [0.29, 0.717) is 34.8 Å². The van der Waals surface area contributed by atoms with Gasteiger partial charge >= 0.3 is 0 Å². The number of anilines is 1. The zero-order valence-electron chi connectivity index (χ0n) is 20.1. The van der Waals surface area contributed by atoms with Crippen molar-refractivity contribution < 1.29 is 9.13 Å². The Hall–Kier alpha value is -3.07. The Bertz CT molecular complexity index is 1350.